The fourth-order valence-corrected chi connectivity index (χ4v) is 1.97. The maximum Gasteiger partial charge on any atom is 0.180 e. The monoisotopic (exact) mass is 298 g/mol. The van der Waals surface area contributed by atoms with Gasteiger partial charge in [-0.3, -0.25) is 0 Å². The number of hydrogen-bond acceptors (Lipinski definition) is 4. The Balaban J connectivity index is 2.19. The highest BCUT2D eigenvalue weighted by atomic mass is 79.9. The van der Waals surface area contributed by atoms with Crippen LogP contribution in [0.1, 0.15) is 13.8 Å². The van der Waals surface area contributed by atoms with Crippen molar-refractivity contribution in [3.05, 3.63) is 23.2 Å². The number of hydrogen-bond donors (Lipinski definition) is 1. The van der Waals surface area contributed by atoms with Gasteiger partial charge in [0.15, 0.2) is 11.5 Å². The largest absolute Gasteiger partial charge is 0.380 e. The molecule has 0 fully saturated rings. The molecular weight excluding hydrogens is 284 g/mol. The average molecular weight is 299 g/mol. The molecule has 0 aliphatic carbocycles. The van der Waals surface area contributed by atoms with Crippen molar-refractivity contribution < 1.29 is 4.74 Å². The van der Waals surface area contributed by atoms with Crippen molar-refractivity contribution in [2.24, 2.45) is 0 Å². The number of aromatic nitrogens is 3. The predicted molar refractivity (Wildman–Crippen MR) is 70.3 cm³/mol. The van der Waals surface area contributed by atoms with E-state index in [1.54, 1.807) is 6.20 Å². The van der Waals surface area contributed by atoms with E-state index in [2.05, 4.69) is 38.1 Å². The molecule has 1 atom stereocenters. The Morgan fingerprint density at radius 2 is 2.41 bits per heavy atom. The first-order valence-corrected chi connectivity index (χ1v) is 6.33. The Bertz CT molecular complexity index is 499. The molecule has 0 radical (unpaired) electrons. The first-order chi connectivity index (χ1) is 8.20. The highest BCUT2D eigenvalue weighted by Crippen LogP contribution is 2.17. The van der Waals surface area contributed by atoms with Crippen LogP contribution in [-0.2, 0) is 4.74 Å². The Morgan fingerprint density at radius 3 is 3.18 bits per heavy atom. The van der Waals surface area contributed by atoms with Gasteiger partial charge in [0.1, 0.15) is 4.60 Å². The molecule has 2 aromatic heterocycles. The van der Waals surface area contributed by atoms with Crippen LogP contribution >= 0.6 is 15.9 Å². The number of halogens is 1. The zero-order valence-corrected chi connectivity index (χ0v) is 11.4. The Hall–Kier alpha value is -1.14. The summed E-state index contributed by atoms with van der Waals surface area (Å²) >= 11 is 3.38. The molecule has 0 saturated heterocycles. The second kappa shape index (κ2) is 5.46. The molecule has 1 unspecified atom stereocenters. The summed E-state index contributed by atoms with van der Waals surface area (Å²) in [6, 6.07) is 0.192. The number of anilines is 1. The van der Waals surface area contributed by atoms with Crippen molar-refractivity contribution in [2.45, 2.75) is 19.9 Å². The van der Waals surface area contributed by atoms with E-state index in [0.717, 1.165) is 22.7 Å². The smallest absolute Gasteiger partial charge is 0.180 e. The zero-order valence-electron chi connectivity index (χ0n) is 9.85. The standard InChI is InChI=1S/C11H15BrN4O/c1-3-17-7-8(2)14-10-11-13-4-5-16(11)6-9(12)15-10/h4-6,8H,3,7H2,1-2H3,(H,14,15). The van der Waals surface area contributed by atoms with Crippen LogP contribution in [0, 0.1) is 0 Å². The molecule has 0 aliphatic heterocycles. The fraction of sp³-hybridized carbons (Fsp3) is 0.455. The van der Waals surface area contributed by atoms with E-state index < -0.39 is 0 Å². The number of ether oxygens (including phenoxy) is 1. The summed E-state index contributed by atoms with van der Waals surface area (Å²) in [5, 5.41) is 3.30. The summed E-state index contributed by atoms with van der Waals surface area (Å²) in [6.07, 6.45) is 5.52. The molecule has 0 saturated carbocycles. The lowest BCUT2D eigenvalue weighted by atomic mass is 10.3. The van der Waals surface area contributed by atoms with Gasteiger partial charge in [-0.25, -0.2) is 9.97 Å². The topological polar surface area (TPSA) is 51.5 Å². The van der Waals surface area contributed by atoms with E-state index in [9.17, 15) is 0 Å². The molecule has 17 heavy (non-hydrogen) atoms. The second-order valence-corrected chi connectivity index (χ2v) is 4.59. The highest BCUT2D eigenvalue weighted by Gasteiger charge is 2.09. The molecular formula is C11H15BrN4O. The van der Waals surface area contributed by atoms with Crippen molar-refractivity contribution in [2.75, 3.05) is 18.5 Å². The minimum absolute atomic E-state index is 0.192. The van der Waals surface area contributed by atoms with Gasteiger partial charge >= 0.3 is 0 Å². The van der Waals surface area contributed by atoms with E-state index in [1.165, 1.54) is 0 Å². The van der Waals surface area contributed by atoms with E-state index in [1.807, 2.05) is 23.7 Å². The van der Waals surface area contributed by atoms with Crippen LogP contribution in [0.5, 0.6) is 0 Å². The van der Waals surface area contributed by atoms with Crippen molar-refractivity contribution in [3.63, 3.8) is 0 Å². The molecule has 5 nitrogen and oxygen atoms in total. The van der Waals surface area contributed by atoms with Crippen LogP contribution in [-0.4, -0.2) is 33.6 Å². The molecule has 0 amide bonds. The van der Waals surface area contributed by atoms with E-state index in [-0.39, 0.29) is 6.04 Å². The van der Waals surface area contributed by atoms with Crippen LogP contribution in [0.4, 0.5) is 5.82 Å². The minimum Gasteiger partial charge on any atom is -0.380 e. The van der Waals surface area contributed by atoms with Crippen molar-refractivity contribution in [1.82, 2.24) is 14.4 Å². The summed E-state index contributed by atoms with van der Waals surface area (Å²) < 4.78 is 8.06. The van der Waals surface area contributed by atoms with E-state index in [0.29, 0.717) is 6.61 Å². The molecule has 2 rings (SSSR count). The number of nitrogens with one attached hydrogen (secondary N) is 1. The first-order valence-electron chi connectivity index (χ1n) is 5.54. The number of fused-ring (bicyclic) bond motifs is 1. The van der Waals surface area contributed by atoms with Gasteiger partial charge in [-0.2, -0.15) is 0 Å². The minimum atomic E-state index is 0.192. The highest BCUT2D eigenvalue weighted by molar-refractivity contribution is 9.10. The van der Waals surface area contributed by atoms with E-state index in [4.69, 9.17) is 4.74 Å². The fourth-order valence-electron chi connectivity index (χ4n) is 1.57. The Kier molecular flexibility index (Phi) is 3.96. The third-order valence-electron chi connectivity index (χ3n) is 2.30. The van der Waals surface area contributed by atoms with Gasteiger partial charge in [0.2, 0.25) is 0 Å². The quantitative estimate of drug-likeness (QED) is 0.920. The lowest BCUT2D eigenvalue weighted by molar-refractivity contribution is 0.141. The van der Waals surface area contributed by atoms with Gasteiger partial charge in [-0.15, -0.1) is 0 Å². The summed E-state index contributed by atoms with van der Waals surface area (Å²) in [5.41, 5.74) is 0.816. The van der Waals surface area contributed by atoms with Gasteiger partial charge in [0.05, 0.1) is 6.61 Å². The predicted octanol–water partition coefficient (Wildman–Crippen LogP) is 2.33. The second-order valence-electron chi connectivity index (χ2n) is 3.78. The van der Waals surface area contributed by atoms with Gasteiger partial charge in [-0.1, -0.05) is 0 Å². The average Bonchev–Trinajstić information content (AvgIpc) is 2.74. The molecule has 92 valence electrons. The van der Waals surface area contributed by atoms with E-state index >= 15 is 0 Å². The molecule has 1 N–H and O–H groups in total. The van der Waals surface area contributed by atoms with Gasteiger partial charge in [0, 0.05) is 31.2 Å². The summed E-state index contributed by atoms with van der Waals surface area (Å²) in [6.45, 7) is 5.41. The van der Waals surface area contributed by atoms with Crippen molar-refractivity contribution in [3.8, 4) is 0 Å². The normalized spacial score (nSPS) is 12.9. The third-order valence-corrected chi connectivity index (χ3v) is 2.68. The van der Waals surface area contributed by atoms with Gasteiger partial charge < -0.3 is 14.5 Å². The molecule has 2 heterocycles. The van der Waals surface area contributed by atoms with Crippen molar-refractivity contribution >= 4 is 27.4 Å². The molecule has 0 aromatic carbocycles. The third kappa shape index (κ3) is 2.95. The Labute approximate surface area is 108 Å². The lowest BCUT2D eigenvalue weighted by Crippen LogP contribution is -2.22. The van der Waals surface area contributed by atoms with Gasteiger partial charge in [0.25, 0.3) is 0 Å². The van der Waals surface area contributed by atoms with Crippen LogP contribution in [0.25, 0.3) is 5.65 Å². The maximum atomic E-state index is 5.36. The molecule has 6 heteroatoms. The molecule has 2 aromatic rings. The molecule has 0 bridgehead atoms. The number of nitrogens with zero attached hydrogens (tertiary/aromatic N) is 3. The summed E-state index contributed by atoms with van der Waals surface area (Å²) in [7, 11) is 0. The Morgan fingerprint density at radius 1 is 1.59 bits per heavy atom. The number of imidazole rings is 1. The van der Waals surface area contributed by atoms with Crippen LogP contribution in [0.2, 0.25) is 0 Å². The summed E-state index contributed by atoms with van der Waals surface area (Å²) in [4.78, 5) is 8.66. The first kappa shape index (κ1) is 12.3. The molecule has 0 aliphatic rings. The van der Waals surface area contributed by atoms with Crippen LogP contribution < -0.4 is 5.32 Å². The lowest BCUT2D eigenvalue weighted by Gasteiger charge is -2.14. The molecule has 0 spiro atoms. The number of rotatable bonds is 5. The van der Waals surface area contributed by atoms with Gasteiger partial charge in [-0.05, 0) is 29.8 Å². The summed E-state index contributed by atoms with van der Waals surface area (Å²) in [5.74, 6) is 0.761. The van der Waals surface area contributed by atoms with Crippen LogP contribution in [0.15, 0.2) is 23.2 Å². The SMILES string of the molecule is CCOCC(C)Nc1nc(Br)cn2ccnc12. The van der Waals surface area contributed by atoms with Crippen molar-refractivity contribution in [1.29, 1.82) is 0 Å². The van der Waals surface area contributed by atoms with Crippen LogP contribution in [0.3, 0.4) is 0 Å². The zero-order chi connectivity index (χ0) is 12.3. The maximum absolute atomic E-state index is 5.36.